The van der Waals surface area contributed by atoms with E-state index in [1.165, 1.54) is 24.4 Å². The molecule has 1 heterocycles. The second kappa shape index (κ2) is 6.23. The Morgan fingerprint density at radius 3 is 2.44 bits per heavy atom. The van der Waals surface area contributed by atoms with Gasteiger partial charge in [0.15, 0.2) is 0 Å². The monoisotopic (exact) mass is 347 g/mol. The van der Waals surface area contributed by atoms with Gasteiger partial charge in [-0.25, -0.2) is 9.59 Å². The summed E-state index contributed by atoms with van der Waals surface area (Å²) >= 11 is 0. The molecular formula is C10H7CdN3O4. The molecule has 0 radical (unpaired) electrons. The van der Waals surface area contributed by atoms with Gasteiger partial charge in [0.1, 0.15) is 6.20 Å². The van der Waals surface area contributed by atoms with Crippen molar-refractivity contribution in [1.82, 2.24) is 15.4 Å². The first kappa shape index (κ1) is 14.3. The molecule has 8 heteroatoms. The first-order valence-corrected chi connectivity index (χ1v) is 4.59. The van der Waals surface area contributed by atoms with E-state index in [0.29, 0.717) is 0 Å². The predicted octanol–water partition coefficient (Wildman–Crippen LogP) is 0.720. The molecule has 7 nitrogen and oxygen atoms in total. The van der Waals surface area contributed by atoms with E-state index in [-0.39, 0.29) is 44.3 Å². The fourth-order valence-electron chi connectivity index (χ4n) is 1.24. The number of carbonyl (C=O) groups is 2. The number of aromatic nitrogens is 3. The van der Waals surface area contributed by atoms with Crippen molar-refractivity contribution in [1.29, 1.82) is 0 Å². The Morgan fingerprint density at radius 1 is 1.22 bits per heavy atom. The summed E-state index contributed by atoms with van der Waals surface area (Å²) in [5.41, 5.74) is -0.163. The minimum Gasteiger partial charge on any atom is -0.478 e. The summed E-state index contributed by atoms with van der Waals surface area (Å²) in [6.45, 7) is 0. The van der Waals surface area contributed by atoms with Crippen LogP contribution in [0, 0.1) is 0 Å². The Hall–Kier alpha value is -1.78. The number of ether oxygens (including phenoxy) is 1. The standard InChI is InChI=1S/C10H7N3O4.Cd/c14-9(15)6-3-1-2-4-7(6)10(16)17-8-5-11-13-12-8;/h1-5H,(H,14,15)(H,11,12,13);. The third-order valence-electron chi connectivity index (χ3n) is 1.97. The van der Waals surface area contributed by atoms with Gasteiger partial charge in [-0.3, -0.25) is 0 Å². The quantitative estimate of drug-likeness (QED) is 0.627. The summed E-state index contributed by atoms with van der Waals surface area (Å²) in [5.74, 6) is -2.01. The summed E-state index contributed by atoms with van der Waals surface area (Å²) in [7, 11) is 0. The molecule has 0 spiro atoms. The molecular weight excluding hydrogens is 339 g/mol. The minimum absolute atomic E-state index is 0. The van der Waals surface area contributed by atoms with Crippen molar-refractivity contribution < 1.29 is 46.7 Å². The summed E-state index contributed by atoms with van der Waals surface area (Å²) in [5, 5.41) is 18.2. The average molecular weight is 346 g/mol. The average Bonchev–Trinajstić information content (AvgIpc) is 2.81. The fourth-order valence-corrected chi connectivity index (χ4v) is 1.24. The van der Waals surface area contributed by atoms with Crippen LogP contribution in [0.2, 0.25) is 0 Å². The van der Waals surface area contributed by atoms with Crippen LogP contribution in [0.3, 0.4) is 0 Å². The molecule has 0 unspecified atom stereocenters. The number of benzene rings is 1. The molecule has 0 bridgehead atoms. The molecule has 2 N–H and O–H groups in total. The molecule has 2 aromatic rings. The topological polar surface area (TPSA) is 105 Å². The molecule has 0 aliphatic rings. The molecule has 1 aromatic carbocycles. The number of aromatic amines is 1. The van der Waals surface area contributed by atoms with E-state index >= 15 is 0 Å². The predicted molar refractivity (Wildman–Crippen MR) is 54.7 cm³/mol. The van der Waals surface area contributed by atoms with Gasteiger partial charge in [0.05, 0.1) is 11.1 Å². The van der Waals surface area contributed by atoms with Gasteiger partial charge in [0.2, 0.25) is 0 Å². The zero-order valence-electron chi connectivity index (χ0n) is 9.16. The van der Waals surface area contributed by atoms with E-state index in [1.54, 1.807) is 6.07 Å². The summed E-state index contributed by atoms with van der Waals surface area (Å²) in [6, 6.07) is 5.76. The number of carboxylic acid groups (broad SMARTS) is 1. The first-order valence-electron chi connectivity index (χ1n) is 4.59. The van der Waals surface area contributed by atoms with Crippen molar-refractivity contribution in [3.8, 4) is 5.88 Å². The van der Waals surface area contributed by atoms with Gasteiger partial charge in [0.25, 0.3) is 5.88 Å². The van der Waals surface area contributed by atoms with Crippen LogP contribution in [0.15, 0.2) is 30.5 Å². The second-order valence-electron chi connectivity index (χ2n) is 3.05. The number of hydrogen-bond acceptors (Lipinski definition) is 5. The van der Waals surface area contributed by atoms with Crippen LogP contribution in [-0.4, -0.2) is 32.5 Å². The Labute approximate surface area is 121 Å². The summed E-state index contributed by atoms with van der Waals surface area (Å²) < 4.78 is 4.82. The number of esters is 1. The van der Waals surface area contributed by atoms with Crippen LogP contribution in [0.25, 0.3) is 0 Å². The van der Waals surface area contributed by atoms with Crippen LogP contribution in [0.1, 0.15) is 20.7 Å². The van der Waals surface area contributed by atoms with Gasteiger partial charge in [0, 0.05) is 27.3 Å². The van der Waals surface area contributed by atoms with Crippen molar-refractivity contribution in [2.45, 2.75) is 0 Å². The van der Waals surface area contributed by atoms with E-state index in [2.05, 4.69) is 15.4 Å². The normalized spacial score (nSPS) is 9.33. The van der Waals surface area contributed by atoms with Crippen molar-refractivity contribution in [2.24, 2.45) is 0 Å². The van der Waals surface area contributed by atoms with Crippen LogP contribution in [-0.2, 0) is 27.3 Å². The molecule has 88 valence electrons. The number of H-pyrrole nitrogens is 1. The van der Waals surface area contributed by atoms with E-state index in [9.17, 15) is 9.59 Å². The molecule has 0 saturated heterocycles. The third-order valence-corrected chi connectivity index (χ3v) is 1.97. The van der Waals surface area contributed by atoms with Crippen LogP contribution >= 0.6 is 0 Å². The number of carboxylic acids is 1. The third kappa shape index (κ3) is 3.12. The van der Waals surface area contributed by atoms with Crippen LogP contribution < -0.4 is 4.74 Å². The number of aromatic carboxylic acids is 1. The van der Waals surface area contributed by atoms with Crippen LogP contribution in [0.4, 0.5) is 0 Å². The number of nitrogens with one attached hydrogen (secondary N) is 1. The van der Waals surface area contributed by atoms with Gasteiger partial charge < -0.3 is 9.84 Å². The Morgan fingerprint density at radius 2 is 1.89 bits per heavy atom. The maximum Gasteiger partial charge on any atom is 0.345 e. The van der Waals surface area contributed by atoms with E-state index in [1.807, 2.05) is 0 Å². The SMILES string of the molecule is O=C(O)c1ccccc1C(=O)Oc1cn[nH]n1.[Cd]. The van der Waals surface area contributed by atoms with Gasteiger partial charge in [-0.05, 0) is 12.1 Å². The number of carbonyl (C=O) groups excluding carboxylic acids is 1. The van der Waals surface area contributed by atoms with Crippen molar-refractivity contribution in [3.63, 3.8) is 0 Å². The first-order chi connectivity index (χ1) is 8.18. The zero-order valence-corrected chi connectivity index (χ0v) is 13.2. The Bertz CT molecular complexity index is 556. The van der Waals surface area contributed by atoms with Gasteiger partial charge in [-0.2, -0.15) is 10.3 Å². The maximum atomic E-state index is 11.7. The molecule has 0 fully saturated rings. The largest absolute Gasteiger partial charge is 0.478 e. The van der Waals surface area contributed by atoms with Crippen molar-refractivity contribution in [2.75, 3.05) is 0 Å². The molecule has 1 aromatic heterocycles. The molecule has 18 heavy (non-hydrogen) atoms. The Kier molecular flexibility index (Phi) is 4.95. The molecule has 0 aliphatic carbocycles. The number of rotatable bonds is 3. The zero-order chi connectivity index (χ0) is 12.3. The van der Waals surface area contributed by atoms with E-state index in [0.717, 1.165) is 0 Å². The van der Waals surface area contributed by atoms with E-state index < -0.39 is 11.9 Å². The molecule has 2 rings (SSSR count). The second-order valence-corrected chi connectivity index (χ2v) is 3.05. The smallest absolute Gasteiger partial charge is 0.345 e. The van der Waals surface area contributed by atoms with Crippen molar-refractivity contribution >= 4 is 11.9 Å². The fraction of sp³-hybridized carbons (Fsp3) is 0. The molecule has 0 saturated carbocycles. The molecule has 0 aliphatic heterocycles. The van der Waals surface area contributed by atoms with Gasteiger partial charge in [-0.1, -0.05) is 12.1 Å². The molecule has 0 amide bonds. The number of hydrogen-bond donors (Lipinski definition) is 2. The van der Waals surface area contributed by atoms with Crippen molar-refractivity contribution in [3.05, 3.63) is 41.6 Å². The van der Waals surface area contributed by atoms with E-state index in [4.69, 9.17) is 9.84 Å². The maximum absolute atomic E-state index is 11.7. The summed E-state index contributed by atoms with van der Waals surface area (Å²) in [6.07, 6.45) is 1.21. The van der Waals surface area contributed by atoms with Gasteiger partial charge >= 0.3 is 11.9 Å². The summed E-state index contributed by atoms with van der Waals surface area (Å²) in [4.78, 5) is 22.6. The number of nitrogens with zero attached hydrogens (tertiary/aromatic N) is 2. The molecule has 0 atom stereocenters. The van der Waals surface area contributed by atoms with Crippen LogP contribution in [0.5, 0.6) is 5.88 Å². The Balaban J connectivity index is 0.00000162. The van der Waals surface area contributed by atoms with Gasteiger partial charge in [-0.15, -0.1) is 5.10 Å². The minimum atomic E-state index is -1.20.